The van der Waals surface area contributed by atoms with E-state index in [2.05, 4.69) is 15.3 Å². The van der Waals surface area contributed by atoms with Gasteiger partial charge in [0.15, 0.2) is 5.65 Å². The summed E-state index contributed by atoms with van der Waals surface area (Å²) in [7, 11) is -2.79. The molecular weight excluding hydrogens is 479 g/mol. The van der Waals surface area contributed by atoms with Crippen LogP contribution in [0.1, 0.15) is 38.9 Å². The molecule has 1 amide bonds. The first-order valence-electron chi connectivity index (χ1n) is 13.2. The van der Waals surface area contributed by atoms with Crippen LogP contribution in [0.4, 0.5) is 10.2 Å². The van der Waals surface area contributed by atoms with Crippen molar-refractivity contribution in [2.45, 2.75) is 31.5 Å². The Labute approximate surface area is 216 Å². The Morgan fingerprint density at radius 1 is 1.30 bits per heavy atom. The molecular formula is C26H27FN6O4. The van der Waals surface area contributed by atoms with Gasteiger partial charge in [0.25, 0.3) is 5.91 Å². The molecule has 1 aliphatic heterocycles. The first-order valence-corrected chi connectivity index (χ1v) is 11.7. The predicted molar refractivity (Wildman–Crippen MR) is 134 cm³/mol. The molecule has 1 aliphatic rings. The lowest BCUT2D eigenvalue weighted by Crippen LogP contribution is -2.30. The summed E-state index contributed by atoms with van der Waals surface area (Å²) in [5.74, 6) is -1.34. The Hall–Kier alpha value is -4.09. The van der Waals surface area contributed by atoms with Gasteiger partial charge in [0.1, 0.15) is 29.4 Å². The highest BCUT2D eigenvalue weighted by Crippen LogP contribution is 2.34. The van der Waals surface area contributed by atoms with E-state index in [4.69, 9.17) is 24.4 Å². The van der Waals surface area contributed by atoms with E-state index in [1.165, 1.54) is 6.33 Å². The number of methoxy groups -OCH3 is 1. The van der Waals surface area contributed by atoms with Crippen LogP contribution in [-0.4, -0.2) is 57.1 Å². The fourth-order valence-corrected chi connectivity index (χ4v) is 4.41. The number of aliphatic hydroxyl groups is 1. The topological polar surface area (TPSA) is 137 Å². The predicted octanol–water partition coefficient (Wildman–Crippen LogP) is 2.87. The molecule has 10 nitrogen and oxygen atoms in total. The molecule has 37 heavy (non-hydrogen) atoms. The zero-order valence-corrected chi connectivity index (χ0v) is 19.7. The number of aliphatic hydroxyl groups excluding tert-OH is 1. The number of benzene rings is 2. The average molecular weight is 510 g/mol. The van der Waals surface area contributed by atoms with Crippen molar-refractivity contribution in [3.05, 3.63) is 65.7 Å². The summed E-state index contributed by atoms with van der Waals surface area (Å²) < 4.78 is 48.0. The molecule has 5 rings (SSSR count). The van der Waals surface area contributed by atoms with Crippen LogP contribution in [0.25, 0.3) is 22.3 Å². The van der Waals surface area contributed by atoms with Crippen molar-refractivity contribution >= 4 is 22.8 Å². The third-order valence-corrected chi connectivity index (χ3v) is 6.39. The van der Waals surface area contributed by atoms with E-state index in [0.29, 0.717) is 29.8 Å². The van der Waals surface area contributed by atoms with Crippen molar-refractivity contribution in [1.29, 1.82) is 0 Å². The second kappa shape index (κ2) is 10.5. The van der Waals surface area contributed by atoms with E-state index in [9.17, 15) is 14.3 Å². The second-order valence-electron chi connectivity index (χ2n) is 8.74. The van der Waals surface area contributed by atoms with E-state index in [1.807, 2.05) is 12.1 Å². The monoisotopic (exact) mass is 509 g/mol. The van der Waals surface area contributed by atoms with Gasteiger partial charge in [-0.3, -0.25) is 4.79 Å². The number of ether oxygens (including phenoxy) is 2. The fourth-order valence-electron chi connectivity index (χ4n) is 4.41. The number of carbonyl (C=O) groups is 1. The van der Waals surface area contributed by atoms with E-state index in [1.54, 1.807) is 16.8 Å². The van der Waals surface area contributed by atoms with E-state index >= 15 is 0 Å². The molecule has 11 heteroatoms. The molecule has 4 N–H and O–H groups in total. The lowest BCUT2D eigenvalue weighted by Gasteiger charge is -2.28. The normalized spacial score (nSPS) is 19.1. The molecule has 0 radical (unpaired) electrons. The minimum atomic E-state index is -2.79. The number of carbonyl (C=O) groups excluding carboxylic acids is 1. The maximum Gasteiger partial charge on any atom is 0.255 e. The number of anilines is 1. The zero-order chi connectivity index (χ0) is 28.4. The minimum absolute atomic E-state index is 0.0286. The number of rotatable bonds is 7. The van der Waals surface area contributed by atoms with Gasteiger partial charge in [-0.15, -0.1) is 0 Å². The van der Waals surface area contributed by atoms with Crippen LogP contribution in [0, 0.1) is 5.82 Å². The molecule has 1 fully saturated rings. The lowest BCUT2D eigenvalue weighted by atomic mass is 10.1. The molecule has 2 aromatic heterocycles. The SMILES string of the molecule is [2H]C([2H])([2H])Oc1ccc(F)cc1C(=O)NCc1ccc(-c2nn([C@@H]3CC[C@H](CO)OC3)c3ncnc(N)c23)cc1. The highest BCUT2D eigenvalue weighted by atomic mass is 19.1. The van der Waals surface area contributed by atoms with Gasteiger partial charge in [-0.05, 0) is 36.6 Å². The summed E-state index contributed by atoms with van der Waals surface area (Å²) in [5.41, 5.74) is 8.66. The van der Waals surface area contributed by atoms with Crippen LogP contribution in [0.3, 0.4) is 0 Å². The third-order valence-electron chi connectivity index (χ3n) is 6.39. The maximum atomic E-state index is 13.8. The molecule has 2 atom stereocenters. The van der Waals surface area contributed by atoms with Gasteiger partial charge in [-0.25, -0.2) is 19.0 Å². The number of nitrogens with zero attached hydrogens (tertiary/aromatic N) is 4. The van der Waals surface area contributed by atoms with Crippen molar-refractivity contribution in [2.75, 3.05) is 26.0 Å². The number of nitrogen functional groups attached to an aromatic ring is 1. The minimum Gasteiger partial charge on any atom is -0.496 e. The number of nitrogens with two attached hydrogens (primary N) is 1. The summed E-state index contributed by atoms with van der Waals surface area (Å²) in [4.78, 5) is 21.3. The van der Waals surface area contributed by atoms with Gasteiger partial charge < -0.3 is 25.6 Å². The molecule has 1 saturated heterocycles. The molecule has 4 aromatic rings. The fraction of sp³-hybridized carbons (Fsp3) is 0.308. The first-order chi connectivity index (χ1) is 19.1. The number of hydrogen-bond acceptors (Lipinski definition) is 8. The molecule has 0 bridgehead atoms. The molecule has 0 spiro atoms. The number of nitrogens with one attached hydrogen (secondary N) is 1. The summed E-state index contributed by atoms with van der Waals surface area (Å²) in [5, 5.41) is 17.5. The standard InChI is InChI=1S/C26H27FN6O4/c1-36-21-9-6-17(27)10-20(21)26(35)29-11-15-2-4-16(5-3-15)23-22-24(28)30-14-31-25(22)33(32-23)18-7-8-19(12-34)37-13-18/h2-6,9-10,14,18-19,34H,7-8,11-13H2,1H3,(H,29,35)(H2,28,30,31)/t18-,19-/m1/s1/i1D3. The van der Waals surface area contributed by atoms with Crippen LogP contribution in [0.5, 0.6) is 5.75 Å². The molecule has 0 unspecified atom stereocenters. The molecule has 0 aliphatic carbocycles. The van der Waals surface area contributed by atoms with Crippen molar-refractivity contribution in [2.24, 2.45) is 0 Å². The number of amides is 1. The third kappa shape index (κ3) is 4.95. The summed E-state index contributed by atoms with van der Waals surface area (Å²) in [6.07, 6.45) is 2.65. The number of aromatic nitrogens is 4. The highest BCUT2D eigenvalue weighted by molar-refractivity contribution is 5.98. The number of hydrogen-bond donors (Lipinski definition) is 3. The van der Waals surface area contributed by atoms with Crippen LogP contribution >= 0.6 is 0 Å². The van der Waals surface area contributed by atoms with Crippen molar-refractivity contribution in [3.63, 3.8) is 0 Å². The quantitative estimate of drug-likeness (QED) is 0.346. The van der Waals surface area contributed by atoms with Crippen LogP contribution in [0.15, 0.2) is 48.8 Å². The van der Waals surface area contributed by atoms with Gasteiger partial charge in [0.2, 0.25) is 0 Å². The van der Waals surface area contributed by atoms with Crippen LogP contribution < -0.4 is 15.8 Å². The Bertz CT molecular complexity index is 1520. The number of fused-ring (bicyclic) bond motifs is 1. The lowest BCUT2D eigenvalue weighted by molar-refractivity contribution is -0.0403. The zero-order valence-electron chi connectivity index (χ0n) is 22.7. The van der Waals surface area contributed by atoms with Gasteiger partial charge in [0, 0.05) is 12.1 Å². The van der Waals surface area contributed by atoms with Crippen LogP contribution in [0.2, 0.25) is 0 Å². The molecule has 192 valence electrons. The van der Waals surface area contributed by atoms with E-state index in [-0.39, 0.29) is 42.4 Å². The van der Waals surface area contributed by atoms with Crippen molar-refractivity contribution in [3.8, 4) is 17.0 Å². The highest BCUT2D eigenvalue weighted by Gasteiger charge is 2.27. The van der Waals surface area contributed by atoms with Crippen LogP contribution in [-0.2, 0) is 11.3 Å². The van der Waals surface area contributed by atoms with Crippen molar-refractivity contribution in [1.82, 2.24) is 25.1 Å². The number of halogens is 1. The Kier molecular flexibility index (Phi) is 5.96. The molecule has 2 aromatic carbocycles. The van der Waals surface area contributed by atoms with Gasteiger partial charge >= 0.3 is 0 Å². The molecule has 0 saturated carbocycles. The Morgan fingerprint density at radius 2 is 2.14 bits per heavy atom. The first kappa shape index (κ1) is 21.0. The smallest absolute Gasteiger partial charge is 0.255 e. The second-order valence-corrected chi connectivity index (χ2v) is 8.74. The van der Waals surface area contributed by atoms with Crippen molar-refractivity contribution < 1.29 is 27.9 Å². The van der Waals surface area contributed by atoms with E-state index < -0.39 is 18.8 Å². The largest absolute Gasteiger partial charge is 0.496 e. The summed E-state index contributed by atoms with van der Waals surface area (Å²) in [6, 6.07) is 10.2. The van der Waals surface area contributed by atoms with E-state index in [0.717, 1.165) is 35.7 Å². The summed E-state index contributed by atoms with van der Waals surface area (Å²) in [6.45, 7) is 0.447. The Morgan fingerprint density at radius 3 is 2.86 bits per heavy atom. The summed E-state index contributed by atoms with van der Waals surface area (Å²) >= 11 is 0. The van der Waals surface area contributed by atoms with Gasteiger partial charge in [-0.1, -0.05) is 24.3 Å². The maximum absolute atomic E-state index is 13.8. The van der Waals surface area contributed by atoms with Gasteiger partial charge in [-0.2, -0.15) is 5.10 Å². The Balaban J connectivity index is 1.35. The van der Waals surface area contributed by atoms with Gasteiger partial charge in [0.05, 0.1) is 47.5 Å². The average Bonchev–Trinajstić information content (AvgIpc) is 3.33. The molecule has 3 heterocycles.